The first-order chi connectivity index (χ1) is 9.04. The van der Waals surface area contributed by atoms with Crippen molar-refractivity contribution in [2.75, 3.05) is 7.11 Å². The van der Waals surface area contributed by atoms with E-state index in [4.69, 9.17) is 9.84 Å². The van der Waals surface area contributed by atoms with E-state index in [0.29, 0.717) is 6.42 Å². The van der Waals surface area contributed by atoms with Crippen molar-refractivity contribution in [2.24, 2.45) is 0 Å². The van der Waals surface area contributed by atoms with Gasteiger partial charge < -0.3 is 15.2 Å². The van der Waals surface area contributed by atoms with Crippen LogP contribution in [0.3, 0.4) is 0 Å². The van der Waals surface area contributed by atoms with Crippen LogP contribution in [0, 0.1) is 0 Å². The minimum absolute atomic E-state index is 0.0104. The fraction of sp³-hybridized carbons (Fsp3) is 0.429. The molecule has 0 saturated heterocycles. The third-order valence-corrected chi connectivity index (χ3v) is 2.78. The lowest BCUT2D eigenvalue weighted by Crippen LogP contribution is -2.26. The lowest BCUT2D eigenvalue weighted by Gasteiger charge is -2.17. The second-order valence-corrected chi connectivity index (χ2v) is 4.28. The Morgan fingerprint density at radius 2 is 2.00 bits per heavy atom. The van der Waals surface area contributed by atoms with Gasteiger partial charge in [0, 0.05) is 18.4 Å². The lowest BCUT2D eigenvalue weighted by molar-refractivity contribution is -0.137. The van der Waals surface area contributed by atoms with Gasteiger partial charge in [-0.3, -0.25) is 9.59 Å². The smallest absolute Gasteiger partial charge is 0.303 e. The topological polar surface area (TPSA) is 75.6 Å². The molecule has 0 saturated carbocycles. The van der Waals surface area contributed by atoms with Gasteiger partial charge >= 0.3 is 5.97 Å². The molecule has 5 heteroatoms. The van der Waals surface area contributed by atoms with Crippen LogP contribution in [-0.2, 0) is 9.59 Å². The summed E-state index contributed by atoms with van der Waals surface area (Å²) in [6.45, 7) is 1.87. The van der Waals surface area contributed by atoms with Crippen LogP contribution < -0.4 is 10.1 Å². The van der Waals surface area contributed by atoms with Gasteiger partial charge in [0.25, 0.3) is 0 Å². The number of hydrogen-bond donors (Lipinski definition) is 2. The van der Waals surface area contributed by atoms with Gasteiger partial charge in [-0.05, 0) is 19.4 Å². The van der Waals surface area contributed by atoms with Crippen LogP contribution in [0.2, 0.25) is 0 Å². The van der Waals surface area contributed by atoms with Gasteiger partial charge in [0.15, 0.2) is 0 Å². The molecule has 0 bridgehead atoms. The van der Waals surface area contributed by atoms with Gasteiger partial charge in [-0.15, -0.1) is 0 Å². The fourth-order valence-corrected chi connectivity index (χ4v) is 1.82. The van der Waals surface area contributed by atoms with Gasteiger partial charge in [0.1, 0.15) is 5.75 Å². The van der Waals surface area contributed by atoms with Gasteiger partial charge in [-0.1, -0.05) is 18.2 Å². The number of carboxylic acid groups (broad SMARTS) is 1. The highest BCUT2D eigenvalue weighted by Crippen LogP contribution is 2.24. The summed E-state index contributed by atoms with van der Waals surface area (Å²) in [5.74, 6) is -0.314. The molecule has 0 fully saturated rings. The van der Waals surface area contributed by atoms with Crippen molar-refractivity contribution in [1.82, 2.24) is 5.32 Å². The SMILES string of the molecule is COc1ccccc1[C@@H](C)NC(=O)CCCC(=O)O. The van der Waals surface area contributed by atoms with Crippen LogP contribution in [0.1, 0.15) is 37.8 Å². The number of para-hydroxylation sites is 1. The number of carbonyl (C=O) groups is 2. The molecule has 0 spiro atoms. The van der Waals surface area contributed by atoms with E-state index in [1.165, 1.54) is 0 Å². The fourth-order valence-electron chi connectivity index (χ4n) is 1.82. The molecule has 0 heterocycles. The Balaban J connectivity index is 2.52. The minimum atomic E-state index is -0.884. The molecule has 104 valence electrons. The maximum Gasteiger partial charge on any atom is 0.303 e. The maximum absolute atomic E-state index is 11.7. The number of ether oxygens (including phenoxy) is 1. The summed E-state index contributed by atoms with van der Waals surface area (Å²) in [4.78, 5) is 22.0. The first kappa shape index (κ1) is 15.0. The number of carboxylic acids is 1. The standard InChI is InChI=1S/C14H19NO4/c1-10(11-6-3-4-7-12(11)19-2)15-13(16)8-5-9-14(17)18/h3-4,6-7,10H,5,8-9H2,1-2H3,(H,15,16)(H,17,18)/t10-/m1/s1. The van der Waals surface area contributed by atoms with Gasteiger partial charge in [-0.2, -0.15) is 0 Å². The summed E-state index contributed by atoms with van der Waals surface area (Å²) in [6, 6.07) is 7.30. The first-order valence-electron chi connectivity index (χ1n) is 6.18. The zero-order chi connectivity index (χ0) is 14.3. The van der Waals surface area contributed by atoms with Crippen LogP contribution in [-0.4, -0.2) is 24.1 Å². The zero-order valence-electron chi connectivity index (χ0n) is 11.2. The highest BCUT2D eigenvalue weighted by Gasteiger charge is 2.13. The van der Waals surface area contributed by atoms with Crippen molar-refractivity contribution in [3.8, 4) is 5.75 Å². The van der Waals surface area contributed by atoms with Crippen molar-refractivity contribution >= 4 is 11.9 Å². The largest absolute Gasteiger partial charge is 0.496 e. The molecule has 2 N–H and O–H groups in total. The van der Waals surface area contributed by atoms with E-state index >= 15 is 0 Å². The summed E-state index contributed by atoms with van der Waals surface area (Å²) < 4.78 is 5.23. The number of carbonyl (C=O) groups excluding carboxylic acids is 1. The Morgan fingerprint density at radius 1 is 1.32 bits per heavy atom. The molecule has 5 nitrogen and oxygen atoms in total. The highest BCUT2D eigenvalue weighted by molar-refractivity contribution is 5.77. The molecule has 0 aromatic heterocycles. The normalized spacial score (nSPS) is 11.7. The summed E-state index contributed by atoms with van der Waals surface area (Å²) in [5, 5.41) is 11.3. The van der Waals surface area contributed by atoms with Crippen molar-refractivity contribution < 1.29 is 19.4 Å². The monoisotopic (exact) mass is 265 g/mol. The highest BCUT2D eigenvalue weighted by atomic mass is 16.5. The molecule has 0 aliphatic carbocycles. The summed E-state index contributed by atoms with van der Waals surface area (Å²) in [6.07, 6.45) is 0.571. The van der Waals surface area contributed by atoms with Gasteiger partial charge in [0.05, 0.1) is 13.2 Å². The third-order valence-electron chi connectivity index (χ3n) is 2.78. The van der Waals surface area contributed by atoms with Crippen molar-refractivity contribution in [1.29, 1.82) is 0 Å². The second-order valence-electron chi connectivity index (χ2n) is 4.28. The number of nitrogens with one attached hydrogen (secondary N) is 1. The van der Waals surface area contributed by atoms with Crippen molar-refractivity contribution in [2.45, 2.75) is 32.2 Å². The molecule has 1 aromatic rings. The van der Waals surface area contributed by atoms with Crippen LogP contribution in [0.15, 0.2) is 24.3 Å². The average molecular weight is 265 g/mol. The van der Waals surface area contributed by atoms with E-state index in [-0.39, 0.29) is 24.8 Å². The summed E-state index contributed by atoms with van der Waals surface area (Å²) in [7, 11) is 1.58. The predicted molar refractivity (Wildman–Crippen MR) is 71.0 cm³/mol. The average Bonchev–Trinajstić information content (AvgIpc) is 2.38. The molecule has 0 aliphatic heterocycles. The summed E-state index contributed by atoms with van der Waals surface area (Å²) in [5.41, 5.74) is 0.900. The molecule has 0 aliphatic rings. The van der Waals surface area contributed by atoms with Gasteiger partial charge in [-0.25, -0.2) is 0 Å². The number of rotatable bonds is 7. The molecule has 1 atom stereocenters. The summed E-state index contributed by atoms with van der Waals surface area (Å²) >= 11 is 0. The maximum atomic E-state index is 11.7. The van der Waals surface area contributed by atoms with Crippen molar-refractivity contribution in [3.05, 3.63) is 29.8 Å². The van der Waals surface area contributed by atoms with Crippen LogP contribution in [0.5, 0.6) is 5.75 Å². The quantitative estimate of drug-likeness (QED) is 0.792. The third kappa shape index (κ3) is 4.99. The Bertz CT molecular complexity index is 445. The lowest BCUT2D eigenvalue weighted by atomic mass is 10.1. The van der Waals surface area contributed by atoms with Crippen molar-refractivity contribution in [3.63, 3.8) is 0 Å². The Labute approximate surface area is 112 Å². The molecule has 0 radical (unpaired) electrons. The van der Waals surface area contributed by atoms with Gasteiger partial charge in [0.2, 0.25) is 5.91 Å². The number of benzene rings is 1. The molecule has 1 rings (SSSR count). The first-order valence-corrected chi connectivity index (χ1v) is 6.18. The van der Waals surface area contributed by atoms with E-state index in [0.717, 1.165) is 11.3 Å². The van der Waals surface area contributed by atoms with E-state index in [9.17, 15) is 9.59 Å². The molecule has 0 unspecified atom stereocenters. The van der Waals surface area contributed by atoms with E-state index in [2.05, 4.69) is 5.32 Å². The Kier molecular flexibility index (Phi) is 5.85. The van der Waals surface area contributed by atoms with E-state index in [1.54, 1.807) is 7.11 Å². The molecule has 1 amide bonds. The second kappa shape index (κ2) is 7.41. The molecular weight excluding hydrogens is 246 g/mol. The molecule has 19 heavy (non-hydrogen) atoms. The number of methoxy groups -OCH3 is 1. The number of amides is 1. The van der Waals surface area contributed by atoms with E-state index in [1.807, 2.05) is 31.2 Å². The van der Waals surface area contributed by atoms with Crippen LogP contribution in [0.25, 0.3) is 0 Å². The Hall–Kier alpha value is -2.04. The van der Waals surface area contributed by atoms with E-state index < -0.39 is 5.97 Å². The zero-order valence-corrected chi connectivity index (χ0v) is 11.2. The van der Waals surface area contributed by atoms with Crippen LogP contribution in [0.4, 0.5) is 0 Å². The Morgan fingerprint density at radius 3 is 2.63 bits per heavy atom. The number of aliphatic carboxylic acids is 1. The molecule has 1 aromatic carbocycles. The minimum Gasteiger partial charge on any atom is -0.496 e. The number of hydrogen-bond acceptors (Lipinski definition) is 3. The predicted octanol–water partition coefficient (Wildman–Crippen LogP) is 2.13. The molecular formula is C14H19NO4. The van der Waals surface area contributed by atoms with Crippen LogP contribution >= 0.6 is 0 Å².